The number of para-hydroxylation sites is 1. The minimum absolute atomic E-state index is 0.160. The lowest BCUT2D eigenvalue weighted by Crippen LogP contribution is -2.33. The summed E-state index contributed by atoms with van der Waals surface area (Å²) in [6.45, 7) is 1.61. The summed E-state index contributed by atoms with van der Waals surface area (Å²) < 4.78 is 2.19. The number of anilines is 2. The van der Waals surface area contributed by atoms with Crippen molar-refractivity contribution in [1.29, 1.82) is 0 Å². The number of hydrogen-bond acceptors (Lipinski definition) is 8. The molecule has 0 radical (unpaired) electrons. The Morgan fingerprint density at radius 1 is 1.00 bits per heavy atom. The summed E-state index contributed by atoms with van der Waals surface area (Å²) in [4.78, 5) is 66.0. The molecule has 3 atom stereocenters. The maximum absolute atomic E-state index is 13.9. The maximum Gasteiger partial charge on any atom is 0.308 e. The van der Waals surface area contributed by atoms with E-state index < -0.39 is 39.7 Å². The number of thioether (sulfide) groups is 1. The summed E-state index contributed by atoms with van der Waals surface area (Å²) in [5, 5.41) is 13.6. The van der Waals surface area contributed by atoms with Crippen molar-refractivity contribution >= 4 is 73.8 Å². The van der Waals surface area contributed by atoms with Gasteiger partial charge in [0, 0.05) is 33.1 Å². The molecule has 3 heterocycles. The first-order valence-corrected chi connectivity index (χ1v) is 15.3. The van der Waals surface area contributed by atoms with Gasteiger partial charge in [0.25, 0.3) is 5.69 Å². The molecule has 1 N–H and O–H groups in total. The Labute approximate surface area is 255 Å². The standard InChI is InChI=1S/C29H21BrN4O6S2/c1-15-4-2-3-5-20(15)31-21(35)14-32-28-25(42-29(32)38)22(16-6-8-17(30)9-7-16)23-24(41-28)27(37)33(26(23)36)18-10-12-19(13-11-18)34(39)40/h2-13,22-24H,14H2,1H3,(H,31,35)/t22-,23-,24+/m0/s1. The van der Waals surface area contributed by atoms with Crippen LogP contribution in [0.1, 0.15) is 21.9 Å². The minimum Gasteiger partial charge on any atom is -0.324 e. The van der Waals surface area contributed by atoms with Gasteiger partial charge in [-0.3, -0.25) is 33.9 Å². The van der Waals surface area contributed by atoms with Gasteiger partial charge in [0.15, 0.2) is 0 Å². The number of benzene rings is 3. The van der Waals surface area contributed by atoms with Crippen LogP contribution in [0.3, 0.4) is 0 Å². The Bertz CT molecular complexity index is 1820. The fraction of sp³-hybridized carbons (Fsp3) is 0.172. The van der Waals surface area contributed by atoms with E-state index in [4.69, 9.17) is 0 Å². The molecular weight excluding hydrogens is 644 g/mol. The SMILES string of the molecule is Cc1ccccc1NC(=O)Cn1c2c(sc1=O)[C@@H](c1ccc(Br)cc1)[C@@H]1C(=O)N(c3ccc([N+](=O)[O-])cc3)C(=O)[C@@H]1S2. The van der Waals surface area contributed by atoms with Gasteiger partial charge < -0.3 is 5.32 Å². The number of nitro benzene ring substituents is 1. The molecule has 2 aliphatic rings. The van der Waals surface area contributed by atoms with Crippen LogP contribution in [-0.4, -0.2) is 32.5 Å². The molecule has 6 rings (SSSR count). The predicted molar refractivity (Wildman–Crippen MR) is 163 cm³/mol. The number of non-ortho nitro benzene ring substituents is 1. The first kappa shape index (κ1) is 28.1. The van der Waals surface area contributed by atoms with E-state index in [1.165, 1.54) is 28.8 Å². The van der Waals surface area contributed by atoms with Gasteiger partial charge in [-0.1, -0.05) is 69.4 Å². The topological polar surface area (TPSA) is 132 Å². The second kappa shape index (κ2) is 11.0. The summed E-state index contributed by atoms with van der Waals surface area (Å²) in [6, 6.07) is 19.9. The Hall–Kier alpha value is -4.07. The van der Waals surface area contributed by atoms with Crippen LogP contribution in [0.5, 0.6) is 0 Å². The first-order valence-electron chi connectivity index (χ1n) is 12.8. The zero-order valence-corrected chi connectivity index (χ0v) is 25.1. The minimum atomic E-state index is -0.867. The van der Waals surface area contributed by atoms with Crippen LogP contribution in [0.2, 0.25) is 0 Å². The largest absolute Gasteiger partial charge is 0.324 e. The van der Waals surface area contributed by atoms with E-state index in [1.807, 2.05) is 43.3 Å². The predicted octanol–water partition coefficient (Wildman–Crippen LogP) is 5.32. The zero-order valence-electron chi connectivity index (χ0n) is 21.9. The summed E-state index contributed by atoms with van der Waals surface area (Å²) in [7, 11) is 0. The number of aryl methyl sites for hydroxylation is 1. The average molecular weight is 666 g/mol. The van der Waals surface area contributed by atoms with Gasteiger partial charge >= 0.3 is 4.87 Å². The van der Waals surface area contributed by atoms with Crippen LogP contribution in [0.15, 0.2) is 87.1 Å². The third kappa shape index (κ3) is 4.86. The number of carbonyl (C=O) groups excluding carboxylic acids is 3. The third-order valence-electron chi connectivity index (χ3n) is 7.32. The molecule has 42 heavy (non-hydrogen) atoms. The van der Waals surface area contributed by atoms with Crippen LogP contribution in [-0.2, 0) is 20.9 Å². The smallest absolute Gasteiger partial charge is 0.308 e. The van der Waals surface area contributed by atoms with Crippen LogP contribution in [0.25, 0.3) is 0 Å². The molecule has 0 saturated carbocycles. The molecule has 0 bridgehead atoms. The molecule has 0 unspecified atom stereocenters. The van der Waals surface area contributed by atoms with Crippen molar-refractivity contribution in [3.63, 3.8) is 0 Å². The Morgan fingerprint density at radius 3 is 2.36 bits per heavy atom. The Balaban J connectivity index is 1.40. The molecule has 3 amide bonds. The fourth-order valence-corrected chi connectivity index (χ4v) is 8.35. The molecular formula is C29H21BrN4O6S2. The molecule has 2 aliphatic heterocycles. The first-order chi connectivity index (χ1) is 20.1. The van der Waals surface area contributed by atoms with Gasteiger partial charge in [0.1, 0.15) is 11.8 Å². The molecule has 0 spiro atoms. The molecule has 13 heteroatoms. The quantitative estimate of drug-likeness (QED) is 0.168. The number of halogens is 1. The number of rotatable bonds is 6. The van der Waals surface area contributed by atoms with Gasteiger partial charge in [-0.15, -0.1) is 0 Å². The summed E-state index contributed by atoms with van der Waals surface area (Å²) in [5.41, 5.74) is 2.33. The van der Waals surface area contributed by atoms with Crippen molar-refractivity contribution in [2.45, 2.75) is 29.7 Å². The number of hydrogen-bond donors (Lipinski definition) is 1. The molecule has 212 valence electrons. The lowest BCUT2D eigenvalue weighted by molar-refractivity contribution is -0.384. The normalized spacial score (nSPS) is 19.4. The van der Waals surface area contributed by atoms with Gasteiger partial charge in [-0.05, 0) is 48.4 Å². The van der Waals surface area contributed by atoms with Crippen molar-refractivity contribution in [2.24, 2.45) is 5.92 Å². The van der Waals surface area contributed by atoms with Gasteiger partial charge in [-0.25, -0.2) is 4.90 Å². The van der Waals surface area contributed by atoms with Crippen LogP contribution in [0.4, 0.5) is 17.1 Å². The number of thiazole rings is 1. The van der Waals surface area contributed by atoms with E-state index in [9.17, 15) is 29.3 Å². The molecule has 1 aromatic heterocycles. The lowest BCUT2D eigenvalue weighted by atomic mass is 9.83. The zero-order chi connectivity index (χ0) is 29.7. The van der Waals surface area contributed by atoms with Gasteiger partial charge in [0.2, 0.25) is 17.7 Å². The van der Waals surface area contributed by atoms with Crippen molar-refractivity contribution < 1.29 is 19.3 Å². The number of aromatic nitrogens is 1. The van der Waals surface area contributed by atoms with Crippen molar-refractivity contribution in [3.8, 4) is 0 Å². The Kier molecular flexibility index (Phi) is 7.33. The Morgan fingerprint density at radius 2 is 1.69 bits per heavy atom. The van der Waals surface area contributed by atoms with E-state index in [2.05, 4.69) is 21.2 Å². The van der Waals surface area contributed by atoms with Crippen molar-refractivity contribution in [2.75, 3.05) is 10.2 Å². The van der Waals surface area contributed by atoms with Crippen LogP contribution < -0.4 is 15.1 Å². The molecule has 10 nitrogen and oxygen atoms in total. The fourth-order valence-electron chi connectivity index (χ4n) is 5.31. The molecule has 3 aromatic carbocycles. The van der Waals surface area contributed by atoms with Gasteiger partial charge in [0.05, 0.1) is 21.6 Å². The second-order valence-electron chi connectivity index (χ2n) is 9.87. The molecule has 1 saturated heterocycles. The van der Waals surface area contributed by atoms with Crippen LogP contribution in [0, 0.1) is 23.0 Å². The van der Waals surface area contributed by atoms with E-state index >= 15 is 0 Å². The number of nitro groups is 1. The monoisotopic (exact) mass is 664 g/mol. The number of amides is 3. The second-order valence-corrected chi connectivity index (χ2v) is 12.9. The lowest BCUT2D eigenvalue weighted by Gasteiger charge is -2.30. The number of fused-ring (bicyclic) bond motifs is 2. The summed E-state index contributed by atoms with van der Waals surface area (Å²) in [6.07, 6.45) is 0. The molecule has 4 aromatic rings. The third-order valence-corrected chi connectivity index (χ3v) is 10.5. The molecule has 1 fully saturated rings. The number of nitrogens with zero attached hydrogens (tertiary/aromatic N) is 3. The number of imide groups is 1. The van der Waals surface area contributed by atoms with E-state index in [0.717, 1.165) is 43.6 Å². The summed E-state index contributed by atoms with van der Waals surface area (Å²) >= 11 is 5.51. The van der Waals surface area contributed by atoms with Crippen molar-refractivity contribution in [3.05, 3.63) is 113 Å². The molecule has 0 aliphatic carbocycles. The number of carbonyl (C=O) groups is 3. The van der Waals surface area contributed by atoms with E-state index in [-0.39, 0.29) is 22.8 Å². The average Bonchev–Trinajstić information content (AvgIpc) is 3.41. The van der Waals surface area contributed by atoms with E-state index in [1.54, 1.807) is 12.1 Å². The highest BCUT2D eigenvalue weighted by Gasteiger charge is 2.56. The van der Waals surface area contributed by atoms with Crippen LogP contribution >= 0.6 is 39.0 Å². The summed E-state index contributed by atoms with van der Waals surface area (Å²) in [5.74, 6) is -2.76. The highest BCUT2D eigenvalue weighted by Crippen LogP contribution is 2.54. The highest BCUT2D eigenvalue weighted by molar-refractivity contribution is 9.10. The van der Waals surface area contributed by atoms with E-state index in [0.29, 0.717) is 15.6 Å². The van der Waals surface area contributed by atoms with Crippen molar-refractivity contribution in [1.82, 2.24) is 4.57 Å². The maximum atomic E-state index is 13.9. The highest BCUT2D eigenvalue weighted by atomic mass is 79.9. The number of nitrogens with one attached hydrogen (secondary N) is 1. The van der Waals surface area contributed by atoms with Gasteiger partial charge in [-0.2, -0.15) is 0 Å².